The minimum Gasteiger partial charge on any atom is -0.493 e. The van der Waals surface area contributed by atoms with Gasteiger partial charge in [0.05, 0.1) is 6.61 Å². The van der Waals surface area contributed by atoms with Crippen molar-refractivity contribution in [2.24, 2.45) is 0 Å². The molecule has 20 heavy (non-hydrogen) atoms. The molecule has 0 spiro atoms. The molecule has 0 aliphatic heterocycles. The van der Waals surface area contributed by atoms with Gasteiger partial charge in [-0.05, 0) is 18.1 Å². The number of para-hydroxylation sites is 1. The number of hydrogen-bond donors (Lipinski definition) is 0. The molecule has 0 bridgehead atoms. The highest BCUT2D eigenvalue weighted by Crippen LogP contribution is 2.19. The molecule has 0 N–H and O–H groups in total. The van der Waals surface area contributed by atoms with Gasteiger partial charge >= 0.3 is 0 Å². The highest BCUT2D eigenvalue weighted by atomic mass is 16.5. The van der Waals surface area contributed by atoms with Crippen LogP contribution in [0.3, 0.4) is 0 Å². The highest BCUT2D eigenvalue weighted by Gasteiger charge is 2.06. The van der Waals surface area contributed by atoms with E-state index in [9.17, 15) is 4.79 Å². The molecule has 0 heterocycles. The molecule has 0 fully saturated rings. The van der Waals surface area contributed by atoms with Crippen molar-refractivity contribution in [3.63, 3.8) is 0 Å². The van der Waals surface area contributed by atoms with Crippen LogP contribution in [-0.4, -0.2) is 12.4 Å². The Bertz CT molecular complexity index is 573. The van der Waals surface area contributed by atoms with Gasteiger partial charge in [-0.2, -0.15) is 0 Å². The fraction of sp³-hybridized carbons (Fsp3) is 0.167. The molecule has 2 aromatic rings. The maximum atomic E-state index is 11.9. The van der Waals surface area contributed by atoms with E-state index in [1.807, 2.05) is 60.7 Å². The monoisotopic (exact) mass is 266 g/mol. The third-order valence-electron chi connectivity index (χ3n) is 3.02. The van der Waals surface area contributed by atoms with E-state index in [-0.39, 0.29) is 5.78 Å². The summed E-state index contributed by atoms with van der Waals surface area (Å²) in [5.41, 5.74) is 1.82. The Kier molecular flexibility index (Phi) is 5.13. The summed E-state index contributed by atoms with van der Waals surface area (Å²) in [7, 11) is 0. The van der Waals surface area contributed by atoms with Crippen molar-refractivity contribution in [1.29, 1.82) is 0 Å². The molecule has 0 saturated heterocycles. The first kappa shape index (κ1) is 14.1. The minimum absolute atomic E-state index is 0.104. The van der Waals surface area contributed by atoms with Crippen LogP contribution in [0.15, 0.2) is 67.3 Å². The number of ether oxygens (including phenoxy) is 1. The molecule has 2 rings (SSSR count). The number of allylic oxidation sites excluding steroid dienone is 1. The first-order chi connectivity index (χ1) is 9.81. The molecule has 0 saturated carbocycles. The topological polar surface area (TPSA) is 26.3 Å². The molecule has 0 amide bonds. The zero-order valence-electron chi connectivity index (χ0n) is 11.4. The molecular weight excluding hydrogens is 248 g/mol. The average molecular weight is 266 g/mol. The Labute approximate surface area is 119 Å². The van der Waals surface area contributed by atoms with Crippen molar-refractivity contribution in [2.45, 2.75) is 12.8 Å². The lowest BCUT2D eigenvalue weighted by Gasteiger charge is -2.09. The van der Waals surface area contributed by atoms with E-state index in [2.05, 4.69) is 6.58 Å². The summed E-state index contributed by atoms with van der Waals surface area (Å²) in [4.78, 5) is 11.9. The van der Waals surface area contributed by atoms with E-state index < -0.39 is 0 Å². The second kappa shape index (κ2) is 7.29. The second-order valence-corrected chi connectivity index (χ2v) is 4.49. The Morgan fingerprint density at radius 2 is 1.75 bits per heavy atom. The van der Waals surface area contributed by atoms with Crippen LogP contribution < -0.4 is 4.74 Å². The normalized spacial score (nSPS) is 10.0. The van der Waals surface area contributed by atoms with E-state index in [1.165, 1.54) is 0 Å². The third kappa shape index (κ3) is 3.82. The van der Waals surface area contributed by atoms with Crippen molar-refractivity contribution in [1.82, 2.24) is 0 Å². The van der Waals surface area contributed by atoms with Crippen LogP contribution in [0.1, 0.15) is 22.3 Å². The van der Waals surface area contributed by atoms with Crippen LogP contribution in [0.2, 0.25) is 0 Å². The SMILES string of the molecule is C=CCc1ccccc1OCCC(=O)c1ccccc1. The summed E-state index contributed by atoms with van der Waals surface area (Å²) < 4.78 is 5.71. The number of benzene rings is 2. The summed E-state index contributed by atoms with van der Waals surface area (Å²) in [6, 6.07) is 17.1. The molecule has 0 radical (unpaired) electrons. The van der Waals surface area contributed by atoms with Gasteiger partial charge in [-0.25, -0.2) is 0 Å². The molecule has 0 aromatic heterocycles. The maximum Gasteiger partial charge on any atom is 0.166 e. The van der Waals surface area contributed by atoms with E-state index >= 15 is 0 Å². The number of carbonyl (C=O) groups is 1. The molecule has 2 aromatic carbocycles. The molecule has 0 unspecified atom stereocenters. The van der Waals surface area contributed by atoms with Gasteiger partial charge in [-0.15, -0.1) is 6.58 Å². The van der Waals surface area contributed by atoms with Crippen molar-refractivity contribution < 1.29 is 9.53 Å². The summed E-state index contributed by atoms with van der Waals surface area (Å²) in [6.45, 7) is 4.13. The quantitative estimate of drug-likeness (QED) is 0.558. The van der Waals surface area contributed by atoms with Gasteiger partial charge in [0.25, 0.3) is 0 Å². The van der Waals surface area contributed by atoms with Crippen LogP contribution >= 0.6 is 0 Å². The van der Waals surface area contributed by atoms with Gasteiger partial charge in [0, 0.05) is 12.0 Å². The molecule has 2 nitrogen and oxygen atoms in total. The predicted molar refractivity (Wildman–Crippen MR) is 81.2 cm³/mol. The molecule has 2 heteroatoms. The van der Waals surface area contributed by atoms with Gasteiger partial charge in [0.1, 0.15) is 5.75 Å². The van der Waals surface area contributed by atoms with Crippen LogP contribution in [0.25, 0.3) is 0 Å². The van der Waals surface area contributed by atoms with E-state index in [4.69, 9.17) is 4.74 Å². The Hall–Kier alpha value is -2.35. The van der Waals surface area contributed by atoms with E-state index in [1.54, 1.807) is 0 Å². The molecule has 0 aliphatic carbocycles. The number of ketones is 1. The van der Waals surface area contributed by atoms with Crippen LogP contribution in [0.5, 0.6) is 5.75 Å². The van der Waals surface area contributed by atoms with Gasteiger partial charge < -0.3 is 4.74 Å². The summed E-state index contributed by atoms with van der Waals surface area (Å²) in [5, 5.41) is 0. The lowest BCUT2D eigenvalue weighted by molar-refractivity contribution is 0.0962. The third-order valence-corrected chi connectivity index (χ3v) is 3.02. The lowest BCUT2D eigenvalue weighted by atomic mass is 10.1. The Balaban J connectivity index is 1.90. The standard InChI is InChI=1S/C18H18O2/c1-2-8-16-11-6-7-12-18(16)20-14-13-17(19)15-9-4-3-5-10-15/h2-7,9-12H,1,8,13-14H2. The largest absolute Gasteiger partial charge is 0.493 e. The van der Waals surface area contributed by atoms with Crippen LogP contribution in [0.4, 0.5) is 0 Å². The summed E-state index contributed by atoms with van der Waals surface area (Å²) >= 11 is 0. The molecule has 0 atom stereocenters. The number of carbonyl (C=O) groups excluding carboxylic acids is 1. The first-order valence-corrected chi connectivity index (χ1v) is 6.71. The van der Waals surface area contributed by atoms with Gasteiger partial charge in [0.15, 0.2) is 5.78 Å². The fourth-order valence-corrected chi connectivity index (χ4v) is 1.99. The van der Waals surface area contributed by atoms with Crippen molar-refractivity contribution in [3.05, 3.63) is 78.4 Å². The minimum atomic E-state index is 0.104. The van der Waals surface area contributed by atoms with Gasteiger partial charge in [-0.3, -0.25) is 4.79 Å². The first-order valence-electron chi connectivity index (χ1n) is 6.71. The fourth-order valence-electron chi connectivity index (χ4n) is 1.99. The zero-order chi connectivity index (χ0) is 14.2. The number of Topliss-reactive ketones (excluding diaryl/α,β-unsaturated/α-hetero) is 1. The Morgan fingerprint density at radius 3 is 2.50 bits per heavy atom. The number of rotatable bonds is 7. The molecular formula is C18H18O2. The summed E-state index contributed by atoms with van der Waals surface area (Å²) in [6.07, 6.45) is 2.99. The van der Waals surface area contributed by atoms with E-state index in [0.29, 0.717) is 13.0 Å². The Morgan fingerprint density at radius 1 is 1.05 bits per heavy atom. The van der Waals surface area contributed by atoms with Gasteiger partial charge in [0.2, 0.25) is 0 Å². The van der Waals surface area contributed by atoms with E-state index in [0.717, 1.165) is 23.3 Å². The molecule has 0 aliphatic rings. The van der Waals surface area contributed by atoms with Gasteiger partial charge in [-0.1, -0.05) is 54.6 Å². The van der Waals surface area contributed by atoms with Crippen molar-refractivity contribution in [2.75, 3.05) is 6.61 Å². The molecule has 102 valence electrons. The highest BCUT2D eigenvalue weighted by molar-refractivity contribution is 5.96. The van der Waals surface area contributed by atoms with Crippen molar-refractivity contribution in [3.8, 4) is 5.75 Å². The zero-order valence-corrected chi connectivity index (χ0v) is 11.4. The average Bonchev–Trinajstić information content (AvgIpc) is 2.50. The van der Waals surface area contributed by atoms with Crippen molar-refractivity contribution >= 4 is 5.78 Å². The predicted octanol–water partition coefficient (Wildman–Crippen LogP) is 4.07. The lowest BCUT2D eigenvalue weighted by Crippen LogP contribution is -2.07. The van der Waals surface area contributed by atoms with Crippen LogP contribution in [-0.2, 0) is 6.42 Å². The number of hydrogen-bond acceptors (Lipinski definition) is 2. The second-order valence-electron chi connectivity index (χ2n) is 4.49. The smallest absolute Gasteiger partial charge is 0.166 e. The van der Waals surface area contributed by atoms with Crippen LogP contribution in [0, 0.1) is 0 Å². The maximum absolute atomic E-state index is 11.9. The summed E-state index contributed by atoms with van der Waals surface area (Å²) in [5.74, 6) is 0.931.